The van der Waals surface area contributed by atoms with Gasteiger partial charge in [0.15, 0.2) is 0 Å². The summed E-state index contributed by atoms with van der Waals surface area (Å²) < 4.78 is 101. The highest BCUT2D eigenvalue weighted by Gasteiger charge is 2.37. The second-order valence-corrected chi connectivity index (χ2v) is 7.57. The van der Waals surface area contributed by atoms with Gasteiger partial charge in [0.25, 0.3) is 0 Å². The standard InChI is InChI=1S/C26H20F6O6/c1-15(2)23(33)37-11-9-35-18-6-7-19(20(14-18)25(27,28)29)17-5-8-22(21(13-17)26(30,31)32)36-10-12-38-24(34)16(3)4/h5-14H,1,3H2,2,4H3/b11-9-,12-10-. The lowest BCUT2D eigenvalue weighted by molar-refractivity contribution is -0.139. The molecule has 38 heavy (non-hydrogen) atoms. The van der Waals surface area contributed by atoms with Gasteiger partial charge in [-0.05, 0) is 49.2 Å². The molecule has 0 bridgehead atoms. The Morgan fingerprint density at radius 3 is 1.74 bits per heavy atom. The molecule has 0 N–H and O–H groups in total. The molecule has 0 radical (unpaired) electrons. The Labute approximate surface area is 213 Å². The molecule has 0 aliphatic rings. The van der Waals surface area contributed by atoms with Crippen molar-refractivity contribution in [2.24, 2.45) is 0 Å². The summed E-state index contributed by atoms with van der Waals surface area (Å²) in [5.74, 6) is -2.69. The molecule has 2 rings (SSSR count). The van der Waals surface area contributed by atoms with Crippen LogP contribution < -0.4 is 9.47 Å². The molecule has 0 spiro atoms. The van der Waals surface area contributed by atoms with Crippen molar-refractivity contribution < 1.29 is 54.9 Å². The van der Waals surface area contributed by atoms with Crippen molar-refractivity contribution >= 4 is 11.9 Å². The van der Waals surface area contributed by atoms with Crippen molar-refractivity contribution in [3.63, 3.8) is 0 Å². The fourth-order valence-electron chi connectivity index (χ4n) is 2.69. The second-order valence-electron chi connectivity index (χ2n) is 7.57. The smallest absolute Gasteiger partial charge is 0.420 e. The average Bonchev–Trinajstić information content (AvgIpc) is 2.82. The molecular weight excluding hydrogens is 522 g/mol. The van der Waals surface area contributed by atoms with Crippen LogP contribution in [-0.4, -0.2) is 11.9 Å². The summed E-state index contributed by atoms with van der Waals surface area (Å²) in [5.41, 5.74) is -3.51. The van der Waals surface area contributed by atoms with Gasteiger partial charge in [-0.1, -0.05) is 25.3 Å². The zero-order chi connectivity index (χ0) is 28.7. The van der Waals surface area contributed by atoms with Crippen LogP contribution in [0.4, 0.5) is 26.3 Å². The van der Waals surface area contributed by atoms with Crippen LogP contribution in [0.15, 0.2) is 85.8 Å². The maximum atomic E-state index is 13.8. The molecule has 0 amide bonds. The summed E-state index contributed by atoms with van der Waals surface area (Å²) in [6, 6.07) is 4.92. The molecular formula is C26H20F6O6. The van der Waals surface area contributed by atoms with E-state index in [1.54, 1.807) is 0 Å². The number of rotatable bonds is 9. The molecule has 202 valence electrons. The first-order chi connectivity index (χ1) is 17.6. The number of ether oxygens (including phenoxy) is 4. The zero-order valence-corrected chi connectivity index (χ0v) is 19.9. The van der Waals surface area contributed by atoms with E-state index in [0.717, 1.165) is 36.8 Å². The number of hydrogen-bond acceptors (Lipinski definition) is 6. The van der Waals surface area contributed by atoms with Gasteiger partial charge in [0.2, 0.25) is 0 Å². The van der Waals surface area contributed by atoms with Crippen LogP contribution in [0.3, 0.4) is 0 Å². The number of alkyl halides is 6. The molecule has 0 aliphatic carbocycles. The summed E-state index contributed by atoms with van der Waals surface area (Å²) in [5, 5.41) is 0. The van der Waals surface area contributed by atoms with Crippen molar-refractivity contribution in [3.8, 4) is 22.6 Å². The van der Waals surface area contributed by atoms with E-state index in [1.807, 2.05) is 0 Å². The van der Waals surface area contributed by atoms with Crippen molar-refractivity contribution in [2.45, 2.75) is 26.2 Å². The highest BCUT2D eigenvalue weighted by atomic mass is 19.4. The van der Waals surface area contributed by atoms with Gasteiger partial charge in [0.05, 0.1) is 11.1 Å². The molecule has 6 nitrogen and oxygen atoms in total. The Morgan fingerprint density at radius 1 is 0.711 bits per heavy atom. The Bertz CT molecular complexity index is 1290. The summed E-state index contributed by atoms with van der Waals surface area (Å²) in [7, 11) is 0. The van der Waals surface area contributed by atoms with E-state index in [-0.39, 0.29) is 16.9 Å². The van der Waals surface area contributed by atoms with Gasteiger partial charge in [-0.3, -0.25) is 0 Å². The highest BCUT2D eigenvalue weighted by Crippen LogP contribution is 2.43. The molecule has 0 heterocycles. The van der Waals surface area contributed by atoms with E-state index in [0.29, 0.717) is 24.7 Å². The third-order valence-corrected chi connectivity index (χ3v) is 4.45. The molecule has 2 aromatic carbocycles. The third kappa shape index (κ3) is 8.29. The van der Waals surface area contributed by atoms with Gasteiger partial charge in [0, 0.05) is 11.1 Å². The second kappa shape index (κ2) is 12.2. The lowest BCUT2D eigenvalue weighted by atomic mass is 9.97. The lowest BCUT2D eigenvalue weighted by Gasteiger charge is -2.17. The fourth-order valence-corrected chi connectivity index (χ4v) is 2.69. The third-order valence-electron chi connectivity index (χ3n) is 4.45. The number of benzene rings is 2. The molecule has 0 unspecified atom stereocenters. The van der Waals surface area contributed by atoms with Crippen LogP contribution >= 0.6 is 0 Å². The highest BCUT2D eigenvalue weighted by molar-refractivity contribution is 5.87. The topological polar surface area (TPSA) is 71.1 Å². The predicted molar refractivity (Wildman–Crippen MR) is 123 cm³/mol. The summed E-state index contributed by atoms with van der Waals surface area (Å²) in [6.45, 7) is 9.41. The monoisotopic (exact) mass is 542 g/mol. The first-order valence-electron chi connectivity index (χ1n) is 10.4. The maximum absolute atomic E-state index is 13.8. The number of carbonyl (C=O) groups excluding carboxylic acids is 2. The number of halogens is 6. The first kappa shape index (κ1) is 29.7. The largest absolute Gasteiger partial charge is 0.462 e. The fraction of sp³-hybridized carbons (Fsp3) is 0.154. The van der Waals surface area contributed by atoms with Crippen molar-refractivity contribution in [1.82, 2.24) is 0 Å². The van der Waals surface area contributed by atoms with Crippen LogP contribution in [0.5, 0.6) is 11.5 Å². The van der Waals surface area contributed by atoms with E-state index < -0.39 is 52.3 Å². The number of hydrogen-bond donors (Lipinski definition) is 0. The number of esters is 2. The lowest BCUT2D eigenvalue weighted by Crippen LogP contribution is -2.10. The summed E-state index contributed by atoms with van der Waals surface area (Å²) in [6.07, 6.45) is -7.00. The zero-order valence-electron chi connectivity index (χ0n) is 19.9. The van der Waals surface area contributed by atoms with Crippen LogP contribution in [-0.2, 0) is 31.4 Å². The molecule has 0 fully saturated rings. The van der Waals surface area contributed by atoms with Gasteiger partial charge >= 0.3 is 24.3 Å². The Hall–Kier alpha value is -4.48. The molecule has 12 heteroatoms. The normalized spacial score (nSPS) is 11.9. The van der Waals surface area contributed by atoms with Crippen molar-refractivity contribution in [1.29, 1.82) is 0 Å². The van der Waals surface area contributed by atoms with Gasteiger partial charge in [-0.25, -0.2) is 9.59 Å². The molecule has 0 aliphatic heterocycles. The molecule has 0 saturated heterocycles. The minimum Gasteiger partial charge on any atom is -0.462 e. The minimum absolute atomic E-state index is 0.0362. The number of carbonyl (C=O) groups is 2. The van der Waals surface area contributed by atoms with Crippen LogP contribution in [0.2, 0.25) is 0 Å². The maximum Gasteiger partial charge on any atom is 0.420 e. The first-order valence-corrected chi connectivity index (χ1v) is 10.4. The van der Waals surface area contributed by atoms with Crippen molar-refractivity contribution in [3.05, 3.63) is 96.9 Å². The molecule has 2 aromatic rings. The Kier molecular flexibility index (Phi) is 9.53. The summed E-state index contributed by atoms with van der Waals surface area (Å²) >= 11 is 0. The average molecular weight is 542 g/mol. The molecule has 0 aromatic heterocycles. The Balaban J connectivity index is 2.39. The van der Waals surface area contributed by atoms with Gasteiger partial charge < -0.3 is 18.9 Å². The quantitative estimate of drug-likeness (QED) is 0.143. The van der Waals surface area contributed by atoms with E-state index >= 15 is 0 Å². The summed E-state index contributed by atoms with van der Waals surface area (Å²) in [4.78, 5) is 22.6. The van der Waals surface area contributed by atoms with E-state index in [2.05, 4.69) is 22.6 Å². The molecule has 0 saturated carbocycles. The van der Waals surface area contributed by atoms with Crippen LogP contribution in [0, 0.1) is 0 Å². The van der Waals surface area contributed by atoms with Crippen molar-refractivity contribution in [2.75, 3.05) is 0 Å². The van der Waals surface area contributed by atoms with Gasteiger partial charge in [-0.15, -0.1) is 0 Å². The van der Waals surface area contributed by atoms with Crippen LogP contribution in [0.25, 0.3) is 11.1 Å². The van der Waals surface area contributed by atoms with E-state index in [4.69, 9.17) is 9.47 Å². The minimum atomic E-state index is -5.00. The van der Waals surface area contributed by atoms with Gasteiger partial charge in [-0.2, -0.15) is 26.3 Å². The molecule has 0 atom stereocenters. The predicted octanol–water partition coefficient (Wildman–Crippen LogP) is 7.33. The SMILES string of the molecule is C=C(C)C(=O)O/C=C\Oc1ccc(-c2ccc(O/C=C\OC(=O)C(=C)C)c(C(F)(F)F)c2)c(C(F)(F)F)c1. The van der Waals surface area contributed by atoms with Crippen LogP contribution in [0.1, 0.15) is 25.0 Å². The Morgan fingerprint density at radius 2 is 1.24 bits per heavy atom. The van der Waals surface area contributed by atoms with Gasteiger partial charge in [0.1, 0.15) is 36.5 Å². The van der Waals surface area contributed by atoms with E-state index in [9.17, 15) is 35.9 Å². The van der Waals surface area contributed by atoms with E-state index in [1.165, 1.54) is 13.8 Å².